The largest absolute Gasteiger partial charge is 0.360 e. The molecule has 0 bridgehead atoms. The Balaban J connectivity index is 1.78. The van der Waals surface area contributed by atoms with E-state index in [1.165, 1.54) is 8.61 Å². The minimum atomic E-state index is -3.76. The molecule has 8 nitrogen and oxygen atoms in total. The van der Waals surface area contributed by atoms with Crippen LogP contribution in [0, 0.1) is 20.8 Å². The summed E-state index contributed by atoms with van der Waals surface area (Å²) in [6.07, 6.45) is 0. The topological polar surface area (TPSA) is 101 Å². The maximum Gasteiger partial charge on any atom is 0.248 e. The van der Waals surface area contributed by atoms with Crippen molar-refractivity contribution in [2.45, 2.75) is 30.6 Å². The molecule has 1 aliphatic heterocycles. The van der Waals surface area contributed by atoms with Crippen LogP contribution in [0.25, 0.3) is 0 Å². The molecule has 26 heavy (non-hydrogen) atoms. The lowest BCUT2D eigenvalue weighted by atomic mass is 10.2. The smallest absolute Gasteiger partial charge is 0.248 e. The second-order valence-electron chi connectivity index (χ2n) is 6.27. The molecule has 2 heterocycles. The Morgan fingerprint density at radius 1 is 0.846 bits per heavy atom. The third-order valence-electron chi connectivity index (χ3n) is 4.42. The van der Waals surface area contributed by atoms with Crippen LogP contribution in [-0.4, -0.2) is 56.8 Å². The van der Waals surface area contributed by atoms with Crippen LogP contribution in [0.3, 0.4) is 0 Å². The quantitative estimate of drug-likeness (QED) is 0.768. The van der Waals surface area contributed by atoms with Gasteiger partial charge in [0.1, 0.15) is 10.6 Å². The first-order valence-corrected chi connectivity index (χ1v) is 11.0. The van der Waals surface area contributed by atoms with E-state index in [1.807, 2.05) is 6.92 Å². The van der Waals surface area contributed by atoms with Crippen molar-refractivity contribution in [1.82, 2.24) is 13.8 Å². The van der Waals surface area contributed by atoms with Crippen LogP contribution < -0.4 is 0 Å². The molecule has 0 radical (unpaired) electrons. The van der Waals surface area contributed by atoms with E-state index in [9.17, 15) is 16.8 Å². The Kier molecular flexibility index (Phi) is 4.95. The van der Waals surface area contributed by atoms with E-state index in [4.69, 9.17) is 4.52 Å². The molecule has 0 atom stereocenters. The molecule has 0 spiro atoms. The van der Waals surface area contributed by atoms with E-state index in [-0.39, 0.29) is 41.7 Å². The average Bonchev–Trinajstić information content (AvgIpc) is 2.94. The highest BCUT2D eigenvalue weighted by molar-refractivity contribution is 7.89. The van der Waals surface area contributed by atoms with E-state index in [0.717, 1.165) is 5.56 Å². The normalized spacial score (nSPS) is 17.5. The van der Waals surface area contributed by atoms with Crippen molar-refractivity contribution in [3.8, 4) is 0 Å². The first kappa shape index (κ1) is 19.0. The lowest BCUT2D eigenvalue weighted by Crippen LogP contribution is -2.50. The molecular formula is C16H21N3O5S2. The van der Waals surface area contributed by atoms with Gasteiger partial charge in [0.25, 0.3) is 0 Å². The van der Waals surface area contributed by atoms with Crippen molar-refractivity contribution in [3.63, 3.8) is 0 Å². The summed E-state index contributed by atoms with van der Waals surface area (Å²) in [5.41, 5.74) is 1.27. The molecule has 0 saturated carbocycles. The highest BCUT2D eigenvalue weighted by Gasteiger charge is 2.36. The molecule has 1 aliphatic rings. The molecule has 3 rings (SSSR count). The number of piperazine rings is 1. The molecule has 142 valence electrons. The SMILES string of the molecule is Cc1ccc(S(=O)(=O)N2CCN(S(=O)(=O)c3c(C)noc3C)CC2)cc1. The summed E-state index contributed by atoms with van der Waals surface area (Å²) in [6, 6.07) is 6.62. The highest BCUT2D eigenvalue weighted by atomic mass is 32.2. The number of hydrogen-bond acceptors (Lipinski definition) is 6. The second-order valence-corrected chi connectivity index (χ2v) is 10.1. The summed E-state index contributed by atoms with van der Waals surface area (Å²) in [5, 5.41) is 3.69. The zero-order chi connectivity index (χ0) is 19.1. The molecule has 10 heteroatoms. The van der Waals surface area contributed by atoms with Crippen molar-refractivity contribution in [2.75, 3.05) is 26.2 Å². The Morgan fingerprint density at radius 2 is 1.35 bits per heavy atom. The summed E-state index contributed by atoms with van der Waals surface area (Å²) >= 11 is 0. The van der Waals surface area contributed by atoms with Crippen LogP contribution >= 0.6 is 0 Å². The van der Waals surface area contributed by atoms with E-state index >= 15 is 0 Å². The molecular weight excluding hydrogens is 378 g/mol. The predicted molar refractivity (Wildman–Crippen MR) is 94.7 cm³/mol. The van der Waals surface area contributed by atoms with Gasteiger partial charge < -0.3 is 4.52 Å². The van der Waals surface area contributed by atoms with Gasteiger partial charge in [0, 0.05) is 26.2 Å². The van der Waals surface area contributed by atoms with E-state index in [0.29, 0.717) is 5.69 Å². The van der Waals surface area contributed by atoms with Gasteiger partial charge in [0.2, 0.25) is 20.0 Å². The van der Waals surface area contributed by atoms with E-state index < -0.39 is 20.0 Å². The van der Waals surface area contributed by atoms with Gasteiger partial charge in [0.05, 0.1) is 4.90 Å². The number of hydrogen-bond donors (Lipinski definition) is 0. The Hall–Kier alpha value is -1.75. The van der Waals surface area contributed by atoms with Crippen molar-refractivity contribution < 1.29 is 21.4 Å². The molecule has 0 unspecified atom stereocenters. The fraction of sp³-hybridized carbons (Fsp3) is 0.438. The fourth-order valence-electron chi connectivity index (χ4n) is 2.98. The van der Waals surface area contributed by atoms with Crippen LogP contribution in [0.4, 0.5) is 0 Å². The van der Waals surface area contributed by atoms with Crippen LogP contribution in [0.1, 0.15) is 17.0 Å². The van der Waals surface area contributed by atoms with Crippen LogP contribution in [-0.2, 0) is 20.0 Å². The number of aromatic nitrogens is 1. The van der Waals surface area contributed by atoms with Crippen molar-refractivity contribution in [2.24, 2.45) is 0 Å². The van der Waals surface area contributed by atoms with Crippen molar-refractivity contribution >= 4 is 20.0 Å². The molecule has 1 aromatic heterocycles. The molecule has 1 aromatic carbocycles. The molecule has 1 saturated heterocycles. The second kappa shape index (κ2) is 6.76. The first-order valence-electron chi connectivity index (χ1n) is 8.14. The van der Waals surface area contributed by atoms with Gasteiger partial charge in [-0.1, -0.05) is 22.9 Å². The van der Waals surface area contributed by atoms with Crippen LogP contribution in [0.2, 0.25) is 0 Å². The molecule has 0 amide bonds. The number of rotatable bonds is 4. The number of benzene rings is 1. The molecule has 2 aromatic rings. The van der Waals surface area contributed by atoms with Gasteiger partial charge in [-0.25, -0.2) is 16.8 Å². The Labute approximate surface area is 153 Å². The van der Waals surface area contributed by atoms with Gasteiger partial charge in [-0.15, -0.1) is 0 Å². The zero-order valence-corrected chi connectivity index (χ0v) is 16.5. The predicted octanol–water partition coefficient (Wildman–Crippen LogP) is 1.30. The van der Waals surface area contributed by atoms with Gasteiger partial charge in [-0.05, 0) is 32.9 Å². The summed E-state index contributed by atoms with van der Waals surface area (Å²) in [7, 11) is -7.40. The molecule has 1 fully saturated rings. The number of nitrogens with zero attached hydrogens (tertiary/aromatic N) is 3. The third kappa shape index (κ3) is 3.29. The monoisotopic (exact) mass is 399 g/mol. The standard InChI is InChI=1S/C16H21N3O5S2/c1-12-4-6-15(7-5-12)25(20,21)18-8-10-19(11-9-18)26(22,23)16-13(2)17-24-14(16)3/h4-7H,8-11H2,1-3H3. The molecule has 0 aliphatic carbocycles. The molecule has 0 N–H and O–H groups in total. The van der Waals surface area contributed by atoms with Crippen molar-refractivity contribution in [1.29, 1.82) is 0 Å². The lowest BCUT2D eigenvalue weighted by molar-refractivity contribution is 0.272. The highest BCUT2D eigenvalue weighted by Crippen LogP contribution is 2.25. The summed E-state index contributed by atoms with van der Waals surface area (Å²) in [6.45, 7) is 5.35. The maximum atomic E-state index is 12.8. The van der Waals surface area contributed by atoms with Crippen LogP contribution in [0.15, 0.2) is 38.6 Å². The van der Waals surface area contributed by atoms with Crippen LogP contribution in [0.5, 0.6) is 0 Å². The number of sulfonamides is 2. The Morgan fingerprint density at radius 3 is 1.81 bits per heavy atom. The minimum absolute atomic E-state index is 0.0624. The lowest BCUT2D eigenvalue weighted by Gasteiger charge is -2.33. The first-order chi connectivity index (χ1) is 12.1. The van der Waals surface area contributed by atoms with Crippen molar-refractivity contribution in [3.05, 3.63) is 41.3 Å². The zero-order valence-electron chi connectivity index (χ0n) is 14.8. The minimum Gasteiger partial charge on any atom is -0.360 e. The number of aryl methyl sites for hydroxylation is 3. The van der Waals surface area contributed by atoms with Gasteiger partial charge >= 0.3 is 0 Å². The van der Waals surface area contributed by atoms with Gasteiger partial charge in [-0.3, -0.25) is 0 Å². The fourth-order valence-corrected chi connectivity index (χ4v) is 6.12. The Bertz CT molecular complexity index is 983. The van der Waals surface area contributed by atoms with Gasteiger partial charge in [0.15, 0.2) is 5.76 Å². The van der Waals surface area contributed by atoms with E-state index in [1.54, 1.807) is 38.1 Å². The van der Waals surface area contributed by atoms with E-state index in [2.05, 4.69) is 5.16 Å². The van der Waals surface area contributed by atoms with Gasteiger partial charge in [-0.2, -0.15) is 8.61 Å². The summed E-state index contributed by atoms with van der Waals surface area (Å²) in [4.78, 5) is 0.275. The maximum absolute atomic E-state index is 12.8. The average molecular weight is 399 g/mol. The third-order valence-corrected chi connectivity index (χ3v) is 8.48. The summed E-state index contributed by atoms with van der Waals surface area (Å²) < 4.78 is 58.6. The summed E-state index contributed by atoms with van der Waals surface area (Å²) in [5.74, 6) is 0.234.